The molecule has 1 heterocycles. The van der Waals surface area contributed by atoms with Crippen LogP contribution in [0.3, 0.4) is 0 Å². The first kappa shape index (κ1) is 14.8. The highest BCUT2D eigenvalue weighted by molar-refractivity contribution is 9.10. The molecular weight excluding hydrogens is 340 g/mol. The van der Waals surface area contributed by atoms with E-state index in [0.29, 0.717) is 11.4 Å². The molecule has 2 rings (SSSR count). The molecule has 7 nitrogen and oxygen atoms in total. The summed E-state index contributed by atoms with van der Waals surface area (Å²) in [4.78, 5) is 23.8. The Morgan fingerprint density at radius 1 is 1.29 bits per heavy atom. The number of benzene rings is 1. The van der Waals surface area contributed by atoms with Crippen molar-refractivity contribution in [2.75, 3.05) is 10.6 Å². The second kappa shape index (κ2) is 6.71. The van der Waals surface area contributed by atoms with Crippen LogP contribution >= 0.6 is 15.9 Å². The van der Waals surface area contributed by atoms with E-state index in [4.69, 9.17) is 0 Å². The number of halogens is 1. The molecule has 1 aromatic heterocycles. The van der Waals surface area contributed by atoms with Gasteiger partial charge in [-0.1, -0.05) is 12.1 Å². The number of H-pyrrole nitrogens is 1. The summed E-state index contributed by atoms with van der Waals surface area (Å²) in [5, 5.41) is 16.4. The first-order valence-electron chi connectivity index (χ1n) is 5.87. The average molecular weight is 351 g/mol. The summed E-state index contributed by atoms with van der Waals surface area (Å²) < 4.78 is 0.756. The monoisotopic (exact) mass is 350 g/mol. The Morgan fingerprint density at radius 3 is 2.71 bits per heavy atom. The summed E-state index contributed by atoms with van der Waals surface area (Å²) in [6.45, 7) is 0. The molecule has 0 fully saturated rings. The van der Waals surface area contributed by atoms with Crippen molar-refractivity contribution in [3.8, 4) is 0 Å². The van der Waals surface area contributed by atoms with Crippen LogP contribution in [0.1, 0.15) is 0 Å². The maximum Gasteiger partial charge on any atom is 0.274 e. The van der Waals surface area contributed by atoms with Gasteiger partial charge in [0.05, 0.1) is 10.6 Å². The summed E-state index contributed by atoms with van der Waals surface area (Å²) in [7, 11) is 0. The van der Waals surface area contributed by atoms with Gasteiger partial charge >= 0.3 is 0 Å². The largest absolute Gasteiger partial charge is 0.336 e. The zero-order chi connectivity index (χ0) is 15.2. The molecule has 0 aliphatic rings. The van der Waals surface area contributed by atoms with E-state index in [-0.39, 0.29) is 11.4 Å². The summed E-state index contributed by atoms with van der Waals surface area (Å²) in [6.07, 6.45) is 2.24. The molecule has 0 aliphatic carbocycles. The molecule has 0 aliphatic heterocycles. The third-order valence-electron chi connectivity index (χ3n) is 2.43. The fourth-order valence-corrected chi connectivity index (χ4v) is 1.97. The Balaban J connectivity index is 2.26. The molecule has 0 saturated carbocycles. The number of aromatic nitrogens is 1. The minimum absolute atomic E-state index is 0.137. The number of nitro groups is 1. The van der Waals surface area contributed by atoms with E-state index in [1.807, 2.05) is 6.07 Å². The van der Waals surface area contributed by atoms with Crippen molar-refractivity contribution < 1.29 is 4.92 Å². The van der Waals surface area contributed by atoms with E-state index in [1.54, 1.807) is 24.3 Å². The molecule has 108 valence electrons. The van der Waals surface area contributed by atoms with Gasteiger partial charge in [-0.3, -0.25) is 14.9 Å². The van der Waals surface area contributed by atoms with Gasteiger partial charge in [0.1, 0.15) is 0 Å². The smallest absolute Gasteiger partial charge is 0.274 e. The number of nitrogens with zero attached hydrogens (tertiary/aromatic N) is 1. The van der Waals surface area contributed by atoms with E-state index < -0.39 is 4.92 Å². The lowest BCUT2D eigenvalue weighted by atomic mass is 10.3. The van der Waals surface area contributed by atoms with Crippen molar-refractivity contribution in [3.05, 3.63) is 79.6 Å². The van der Waals surface area contributed by atoms with Gasteiger partial charge < -0.3 is 15.6 Å². The Labute approximate surface area is 128 Å². The van der Waals surface area contributed by atoms with Crippen LogP contribution in [0.5, 0.6) is 0 Å². The van der Waals surface area contributed by atoms with Crippen molar-refractivity contribution in [1.29, 1.82) is 0 Å². The molecule has 2 aromatic rings. The Kier molecular flexibility index (Phi) is 4.72. The predicted octanol–water partition coefficient (Wildman–Crippen LogP) is 2.74. The lowest BCUT2D eigenvalue weighted by Gasteiger charge is -2.12. The Bertz CT molecular complexity index is 742. The van der Waals surface area contributed by atoms with Crippen LogP contribution in [-0.4, -0.2) is 9.91 Å². The molecule has 0 unspecified atom stereocenters. The summed E-state index contributed by atoms with van der Waals surface area (Å²) in [5.41, 5.74) is 0.788. The van der Waals surface area contributed by atoms with Gasteiger partial charge in [-0.15, -0.1) is 0 Å². The number of anilines is 2. The average Bonchev–Trinajstić information content (AvgIpc) is 2.40. The van der Waals surface area contributed by atoms with Gasteiger partial charge in [0.2, 0.25) is 5.56 Å². The highest BCUT2D eigenvalue weighted by Gasteiger charge is 2.07. The fourth-order valence-electron chi connectivity index (χ4n) is 1.59. The van der Waals surface area contributed by atoms with Crippen molar-refractivity contribution in [1.82, 2.24) is 4.98 Å². The van der Waals surface area contributed by atoms with Crippen LogP contribution in [-0.2, 0) is 0 Å². The number of aromatic amines is 1. The van der Waals surface area contributed by atoms with Crippen molar-refractivity contribution in [3.63, 3.8) is 0 Å². The molecule has 0 amide bonds. The number of para-hydroxylation sites is 1. The first-order chi connectivity index (χ1) is 10.0. The molecule has 0 spiro atoms. The maximum atomic E-state index is 11.2. The van der Waals surface area contributed by atoms with E-state index >= 15 is 0 Å². The molecular formula is C13H11BrN4O3. The molecule has 21 heavy (non-hydrogen) atoms. The van der Waals surface area contributed by atoms with E-state index in [0.717, 1.165) is 10.7 Å². The third kappa shape index (κ3) is 4.46. The highest BCUT2D eigenvalue weighted by atomic mass is 79.9. The maximum absolute atomic E-state index is 11.2. The molecule has 3 N–H and O–H groups in total. The van der Waals surface area contributed by atoms with Crippen LogP contribution < -0.4 is 16.2 Å². The number of hydrogen-bond acceptors (Lipinski definition) is 5. The van der Waals surface area contributed by atoms with E-state index in [2.05, 4.69) is 31.5 Å². The van der Waals surface area contributed by atoms with Gasteiger partial charge in [0.25, 0.3) is 6.20 Å². The van der Waals surface area contributed by atoms with Crippen LogP contribution in [0, 0.1) is 10.1 Å². The zero-order valence-corrected chi connectivity index (χ0v) is 12.3. The molecule has 0 saturated heterocycles. The van der Waals surface area contributed by atoms with Gasteiger partial charge in [-0.2, -0.15) is 0 Å². The molecule has 1 aromatic carbocycles. The van der Waals surface area contributed by atoms with Gasteiger partial charge in [-0.05, 0) is 34.1 Å². The fraction of sp³-hybridized carbons (Fsp3) is 0. The third-order valence-corrected chi connectivity index (χ3v) is 3.12. The van der Waals surface area contributed by atoms with Gasteiger partial charge in [-0.25, -0.2) is 0 Å². The normalized spacial score (nSPS) is 11.0. The standard InChI is InChI=1S/C13H11BrN4O3/c14-10-3-1-2-4-11(10)17-12(8-18(20)21)16-9-5-6-15-13(19)7-9/h1-8,17H,(H2,15,16,19)/b12-8-. The lowest BCUT2D eigenvalue weighted by molar-refractivity contribution is -0.403. The zero-order valence-electron chi connectivity index (χ0n) is 10.7. The van der Waals surface area contributed by atoms with Gasteiger partial charge in [0.15, 0.2) is 5.82 Å². The molecule has 0 radical (unpaired) electrons. The molecule has 0 bridgehead atoms. The number of nitrogens with one attached hydrogen (secondary N) is 3. The van der Waals surface area contributed by atoms with Crippen LogP contribution in [0.15, 0.2) is 63.9 Å². The van der Waals surface area contributed by atoms with Crippen molar-refractivity contribution in [2.45, 2.75) is 0 Å². The summed E-state index contributed by atoms with van der Waals surface area (Å²) >= 11 is 3.35. The number of pyridine rings is 1. The highest BCUT2D eigenvalue weighted by Crippen LogP contribution is 2.23. The Morgan fingerprint density at radius 2 is 2.05 bits per heavy atom. The minimum atomic E-state index is -0.584. The quantitative estimate of drug-likeness (QED) is 0.568. The predicted molar refractivity (Wildman–Crippen MR) is 83.5 cm³/mol. The Hall–Kier alpha value is -2.61. The first-order valence-corrected chi connectivity index (χ1v) is 6.66. The second-order valence-electron chi connectivity index (χ2n) is 4.00. The van der Waals surface area contributed by atoms with Crippen molar-refractivity contribution in [2.24, 2.45) is 0 Å². The lowest BCUT2D eigenvalue weighted by Crippen LogP contribution is -2.14. The second-order valence-corrected chi connectivity index (χ2v) is 4.85. The number of hydrogen-bond donors (Lipinski definition) is 3. The SMILES string of the molecule is O=c1cc(N/C(=C/[N+](=O)[O-])Nc2ccccc2Br)cc[nH]1. The van der Waals surface area contributed by atoms with Crippen molar-refractivity contribution >= 4 is 27.3 Å². The summed E-state index contributed by atoms with van der Waals surface area (Å²) in [5.74, 6) is 0.137. The van der Waals surface area contributed by atoms with Gasteiger partial charge in [0, 0.05) is 22.4 Å². The molecule has 0 atom stereocenters. The topological polar surface area (TPSA) is 100 Å². The van der Waals surface area contributed by atoms with Crippen LogP contribution in [0.25, 0.3) is 0 Å². The minimum Gasteiger partial charge on any atom is -0.336 e. The van der Waals surface area contributed by atoms with E-state index in [1.165, 1.54) is 12.3 Å². The van der Waals surface area contributed by atoms with Crippen LogP contribution in [0.2, 0.25) is 0 Å². The van der Waals surface area contributed by atoms with Crippen LogP contribution in [0.4, 0.5) is 11.4 Å². The van der Waals surface area contributed by atoms with E-state index in [9.17, 15) is 14.9 Å². The summed E-state index contributed by atoms with van der Waals surface area (Å²) in [6, 6.07) is 10.1. The molecule has 8 heteroatoms. The number of rotatable bonds is 5.